The summed E-state index contributed by atoms with van der Waals surface area (Å²) in [7, 11) is 0. The minimum atomic E-state index is -0.352. The highest BCUT2D eigenvalue weighted by atomic mass is 16.5. The van der Waals surface area contributed by atoms with Gasteiger partial charge < -0.3 is 20.1 Å². The lowest BCUT2D eigenvalue weighted by atomic mass is 10.1. The molecule has 1 aliphatic rings. The van der Waals surface area contributed by atoms with Crippen LogP contribution in [0.15, 0.2) is 30.3 Å². The van der Waals surface area contributed by atoms with Gasteiger partial charge in [0.1, 0.15) is 6.61 Å². The minimum absolute atomic E-state index is 0.174. The Morgan fingerprint density at radius 3 is 2.65 bits per heavy atom. The molecule has 0 radical (unpaired) electrons. The number of aliphatic hydroxyl groups excluding tert-OH is 1. The first kappa shape index (κ1) is 14.8. The van der Waals surface area contributed by atoms with Gasteiger partial charge in [0.2, 0.25) is 0 Å². The number of nitrogens with one attached hydrogen (secondary N) is 1. The lowest BCUT2D eigenvalue weighted by Crippen LogP contribution is -2.45. The zero-order valence-electron chi connectivity index (χ0n) is 11.6. The Bertz CT molecular complexity index is 403. The number of ether oxygens (including phenoxy) is 1. The van der Waals surface area contributed by atoms with E-state index in [1.165, 1.54) is 0 Å². The molecule has 0 saturated carbocycles. The second-order valence-corrected chi connectivity index (χ2v) is 5.05. The van der Waals surface area contributed by atoms with Gasteiger partial charge in [-0.3, -0.25) is 0 Å². The Kier molecular flexibility index (Phi) is 5.83. The summed E-state index contributed by atoms with van der Waals surface area (Å²) in [5, 5.41) is 11.8. The van der Waals surface area contributed by atoms with E-state index in [0.29, 0.717) is 13.2 Å². The van der Waals surface area contributed by atoms with Crippen LogP contribution in [0, 0.1) is 0 Å². The van der Waals surface area contributed by atoms with Gasteiger partial charge >= 0.3 is 6.09 Å². The maximum atomic E-state index is 11.7. The summed E-state index contributed by atoms with van der Waals surface area (Å²) in [6.07, 6.45) is 1.45. The first-order valence-electron chi connectivity index (χ1n) is 7.08. The van der Waals surface area contributed by atoms with Crippen molar-refractivity contribution in [3.8, 4) is 0 Å². The number of likely N-dealkylation sites (tertiary alicyclic amines) is 1. The highest BCUT2D eigenvalue weighted by Crippen LogP contribution is 2.10. The number of alkyl carbamates (subject to hydrolysis) is 1. The third-order valence-electron chi connectivity index (χ3n) is 3.54. The van der Waals surface area contributed by atoms with Gasteiger partial charge in [0, 0.05) is 25.7 Å². The molecule has 0 atom stereocenters. The molecule has 0 unspecified atom stereocenters. The number of β-amino-alcohol motifs (C(OH)–C–C–N with tert-alkyl or cyclic N) is 1. The predicted octanol–water partition coefficient (Wildman–Crippen LogP) is 1.37. The minimum Gasteiger partial charge on any atom is -0.445 e. The summed E-state index contributed by atoms with van der Waals surface area (Å²) in [5.41, 5.74) is 0.986. The highest BCUT2D eigenvalue weighted by Gasteiger charge is 2.20. The van der Waals surface area contributed by atoms with Crippen LogP contribution in [0.5, 0.6) is 0 Å². The largest absolute Gasteiger partial charge is 0.445 e. The first-order chi connectivity index (χ1) is 9.78. The van der Waals surface area contributed by atoms with Crippen molar-refractivity contribution in [1.82, 2.24) is 10.2 Å². The van der Waals surface area contributed by atoms with Crippen molar-refractivity contribution in [3.05, 3.63) is 35.9 Å². The molecule has 1 amide bonds. The number of nitrogens with zero attached hydrogens (tertiary/aromatic N) is 1. The van der Waals surface area contributed by atoms with Crippen LogP contribution < -0.4 is 5.32 Å². The van der Waals surface area contributed by atoms with Crippen molar-refractivity contribution in [2.45, 2.75) is 25.5 Å². The summed E-state index contributed by atoms with van der Waals surface area (Å²) in [4.78, 5) is 13.9. The van der Waals surface area contributed by atoms with Crippen LogP contribution in [0.4, 0.5) is 4.79 Å². The van der Waals surface area contributed by atoms with Gasteiger partial charge in [-0.05, 0) is 18.4 Å². The average Bonchev–Trinajstić information content (AvgIpc) is 2.49. The molecule has 2 N–H and O–H groups in total. The van der Waals surface area contributed by atoms with Crippen LogP contribution in [0.25, 0.3) is 0 Å². The number of hydrogen-bond acceptors (Lipinski definition) is 4. The quantitative estimate of drug-likeness (QED) is 0.854. The SMILES string of the molecule is O=C(NC1CCN(CCO)CC1)OCc1ccccc1. The van der Waals surface area contributed by atoms with E-state index in [-0.39, 0.29) is 18.7 Å². The summed E-state index contributed by atoms with van der Waals surface area (Å²) < 4.78 is 5.20. The number of benzene rings is 1. The van der Waals surface area contributed by atoms with Crippen LogP contribution in [0.2, 0.25) is 0 Å². The number of aliphatic hydroxyl groups is 1. The third kappa shape index (κ3) is 4.83. The van der Waals surface area contributed by atoms with E-state index < -0.39 is 0 Å². The fourth-order valence-electron chi connectivity index (χ4n) is 2.37. The van der Waals surface area contributed by atoms with E-state index in [4.69, 9.17) is 9.84 Å². The lowest BCUT2D eigenvalue weighted by Gasteiger charge is -2.31. The second-order valence-electron chi connectivity index (χ2n) is 5.05. The van der Waals surface area contributed by atoms with Crippen LogP contribution in [0.1, 0.15) is 18.4 Å². The molecule has 1 saturated heterocycles. The molecule has 1 aliphatic heterocycles. The summed E-state index contributed by atoms with van der Waals surface area (Å²) in [6, 6.07) is 9.82. The Balaban J connectivity index is 1.65. The molecule has 0 bridgehead atoms. The van der Waals surface area contributed by atoms with Crippen molar-refractivity contribution in [3.63, 3.8) is 0 Å². The molecule has 0 aliphatic carbocycles. The van der Waals surface area contributed by atoms with E-state index in [1.54, 1.807) is 0 Å². The van der Waals surface area contributed by atoms with E-state index in [0.717, 1.165) is 31.5 Å². The highest BCUT2D eigenvalue weighted by molar-refractivity contribution is 5.67. The molecule has 1 aromatic rings. The summed E-state index contributed by atoms with van der Waals surface area (Å²) >= 11 is 0. The van der Waals surface area contributed by atoms with Gasteiger partial charge in [-0.15, -0.1) is 0 Å². The number of hydrogen-bond donors (Lipinski definition) is 2. The molecule has 5 nitrogen and oxygen atoms in total. The Hall–Kier alpha value is -1.59. The lowest BCUT2D eigenvalue weighted by molar-refractivity contribution is 0.122. The van der Waals surface area contributed by atoms with E-state index >= 15 is 0 Å². The molecular formula is C15H22N2O3. The Morgan fingerprint density at radius 2 is 2.00 bits per heavy atom. The molecule has 5 heteroatoms. The number of carbonyl (C=O) groups excluding carboxylic acids is 1. The molecule has 1 heterocycles. The van der Waals surface area contributed by atoms with Gasteiger partial charge in [-0.25, -0.2) is 4.79 Å². The Labute approximate surface area is 119 Å². The van der Waals surface area contributed by atoms with Gasteiger partial charge in [-0.2, -0.15) is 0 Å². The van der Waals surface area contributed by atoms with Gasteiger partial charge in [-0.1, -0.05) is 30.3 Å². The number of piperidine rings is 1. The predicted molar refractivity (Wildman–Crippen MR) is 76.3 cm³/mol. The summed E-state index contributed by atoms with van der Waals surface area (Å²) in [6.45, 7) is 3.02. The molecular weight excluding hydrogens is 256 g/mol. The molecule has 20 heavy (non-hydrogen) atoms. The van der Waals surface area contributed by atoms with Crippen molar-refractivity contribution in [2.75, 3.05) is 26.2 Å². The third-order valence-corrected chi connectivity index (χ3v) is 3.54. The van der Waals surface area contributed by atoms with Crippen LogP contribution in [-0.4, -0.2) is 48.4 Å². The number of amides is 1. The zero-order valence-corrected chi connectivity index (χ0v) is 11.6. The molecule has 2 rings (SSSR count). The number of rotatable bonds is 5. The standard InChI is InChI=1S/C15H22N2O3/c18-11-10-17-8-6-14(7-9-17)16-15(19)20-12-13-4-2-1-3-5-13/h1-5,14,18H,6-12H2,(H,16,19). The van der Waals surface area contributed by atoms with Crippen LogP contribution >= 0.6 is 0 Å². The van der Waals surface area contributed by atoms with Crippen molar-refractivity contribution < 1.29 is 14.6 Å². The Morgan fingerprint density at radius 1 is 1.30 bits per heavy atom. The van der Waals surface area contributed by atoms with E-state index in [1.807, 2.05) is 30.3 Å². The molecule has 0 aromatic heterocycles. The van der Waals surface area contributed by atoms with Crippen LogP contribution in [-0.2, 0) is 11.3 Å². The normalized spacial score (nSPS) is 16.9. The smallest absolute Gasteiger partial charge is 0.407 e. The summed E-state index contributed by atoms with van der Waals surface area (Å²) in [5.74, 6) is 0. The molecule has 110 valence electrons. The van der Waals surface area contributed by atoms with Crippen molar-refractivity contribution in [1.29, 1.82) is 0 Å². The number of carbonyl (C=O) groups is 1. The average molecular weight is 278 g/mol. The fourth-order valence-corrected chi connectivity index (χ4v) is 2.37. The van der Waals surface area contributed by atoms with Crippen molar-refractivity contribution >= 4 is 6.09 Å². The van der Waals surface area contributed by atoms with Crippen molar-refractivity contribution in [2.24, 2.45) is 0 Å². The maximum Gasteiger partial charge on any atom is 0.407 e. The van der Waals surface area contributed by atoms with Gasteiger partial charge in [0.15, 0.2) is 0 Å². The monoisotopic (exact) mass is 278 g/mol. The first-order valence-corrected chi connectivity index (χ1v) is 7.08. The molecule has 0 spiro atoms. The van der Waals surface area contributed by atoms with E-state index in [9.17, 15) is 4.79 Å². The fraction of sp³-hybridized carbons (Fsp3) is 0.533. The second kappa shape index (κ2) is 7.87. The topological polar surface area (TPSA) is 61.8 Å². The zero-order chi connectivity index (χ0) is 14.2. The van der Waals surface area contributed by atoms with Crippen LogP contribution in [0.3, 0.4) is 0 Å². The van der Waals surface area contributed by atoms with Gasteiger partial charge in [0.05, 0.1) is 6.61 Å². The van der Waals surface area contributed by atoms with Gasteiger partial charge in [0.25, 0.3) is 0 Å². The maximum absolute atomic E-state index is 11.7. The van der Waals surface area contributed by atoms with E-state index in [2.05, 4.69) is 10.2 Å². The molecule has 1 fully saturated rings. The molecule has 1 aromatic carbocycles.